The SMILES string of the molecule is Cc1ncccc1Oc1cncc([C@@H]2CCCN2S(C)(=O)=O)n1. The molecule has 0 N–H and O–H groups in total. The molecule has 2 aromatic rings. The van der Waals surface area contributed by atoms with Gasteiger partial charge in [-0.05, 0) is 31.9 Å². The van der Waals surface area contributed by atoms with Crippen molar-refractivity contribution in [2.45, 2.75) is 25.8 Å². The lowest BCUT2D eigenvalue weighted by molar-refractivity contribution is 0.385. The van der Waals surface area contributed by atoms with E-state index in [2.05, 4.69) is 15.0 Å². The molecule has 0 aromatic carbocycles. The summed E-state index contributed by atoms with van der Waals surface area (Å²) in [6, 6.07) is 3.30. The van der Waals surface area contributed by atoms with Crippen LogP contribution in [0.3, 0.4) is 0 Å². The summed E-state index contributed by atoms with van der Waals surface area (Å²) in [5, 5.41) is 0. The van der Waals surface area contributed by atoms with E-state index < -0.39 is 10.0 Å². The van der Waals surface area contributed by atoms with Crippen molar-refractivity contribution in [3.8, 4) is 11.6 Å². The van der Waals surface area contributed by atoms with Gasteiger partial charge in [0, 0.05) is 12.7 Å². The molecule has 1 fully saturated rings. The molecule has 1 aliphatic rings. The van der Waals surface area contributed by atoms with Crippen LogP contribution in [0.5, 0.6) is 11.6 Å². The van der Waals surface area contributed by atoms with Gasteiger partial charge in [-0.15, -0.1) is 0 Å². The lowest BCUT2D eigenvalue weighted by Gasteiger charge is -2.21. The van der Waals surface area contributed by atoms with Crippen molar-refractivity contribution in [1.29, 1.82) is 0 Å². The highest BCUT2D eigenvalue weighted by molar-refractivity contribution is 7.88. The normalized spacial score (nSPS) is 19.0. The highest BCUT2D eigenvalue weighted by Gasteiger charge is 2.33. The van der Waals surface area contributed by atoms with E-state index >= 15 is 0 Å². The Balaban J connectivity index is 1.87. The summed E-state index contributed by atoms with van der Waals surface area (Å²) in [6.07, 6.45) is 7.56. The summed E-state index contributed by atoms with van der Waals surface area (Å²) >= 11 is 0. The molecule has 1 saturated heterocycles. The number of hydrogen-bond acceptors (Lipinski definition) is 6. The molecule has 23 heavy (non-hydrogen) atoms. The van der Waals surface area contributed by atoms with Crippen molar-refractivity contribution in [3.05, 3.63) is 42.1 Å². The molecule has 0 radical (unpaired) electrons. The second kappa shape index (κ2) is 6.21. The number of aromatic nitrogens is 3. The van der Waals surface area contributed by atoms with Gasteiger partial charge in [-0.2, -0.15) is 4.31 Å². The fourth-order valence-electron chi connectivity index (χ4n) is 2.69. The van der Waals surface area contributed by atoms with Crippen molar-refractivity contribution >= 4 is 10.0 Å². The van der Waals surface area contributed by atoms with Crippen molar-refractivity contribution in [1.82, 2.24) is 19.3 Å². The van der Waals surface area contributed by atoms with Gasteiger partial charge in [-0.3, -0.25) is 9.97 Å². The van der Waals surface area contributed by atoms with Gasteiger partial charge in [0.1, 0.15) is 0 Å². The lowest BCUT2D eigenvalue weighted by atomic mass is 10.2. The third-order valence-corrected chi connectivity index (χ3v) is 5.06. The number of rotatable bonds is 4. The Labute approximate surface area is 135 Å². The highest BCUT2D eigenvalue weighted by atomic mass is 32.2. The van der Waals surface area contributed by atoms with E-state index in [-0.39, 0.29) is 6.04 Å². The van der Waals surface area contributed by atoms with Crippen LogP contribution in [-0.2, 0) is 10.0 Å². The Bertz CT molecular complexity index is 810. The molecule has 7 nitrogen and oxygen atoms in total. The van der Waals surface area contributed by atoms with Crippen LogP contribution in [-0.4, -0.2) is 40.5 Å². The largest absolute Gasteiger partial charge is 0.436 e. The smallest absolute Gasteiger partial charge is 0.238 e. The minimum atomic E-state index is -3.26. The molecular weight excluding hydrogens is 316 g/mol. The van der Waals surface area contributed by atoms with Crippen LogP contribution in [0.4, 0.5) is 0 Å². The first kappa shape index (κ1) is 15.8. The van der Waals surface area contributed by atoms with Crippen molar-refractivity contribution < 1.29 is 13.2 Å². The predicted octanol–water partition coefficient (Wildman–Crippen LogP) is 2.07. The Hall–Kier alpha value is -2.06. The van der Waals surface area contributed by atoms with Crippen LogP contribution in [0, 0.1) is 6.92 Å². The van der Waals surface area contributed by atoms with Gasteiger partial charge in [0.15, 0.2) is 5.75 Å². The minimum Gasteiger partial charge on any atom is -0.436 e. The van der Waals surface area contributed by atoms with E-state index in [0.717, 1.165) is 18.5 Å². The number of aryl methyl sites for hydroxylation is 1. The van der Waals surface area contributed by atoms with Crippen molar-refractivity contribution in [2.75, 3.05) is 12.8 Å². The van der Waals surface area contributed by atoms with Crippen LogP contribution in [0.1, 0.15) is 30.3 Å². The zero-order chi connectivity index (χ0) is 16.4. The van der Waals surface area contributed by atoms with E-state index in [1.807, 2.05) is 6.92 Å². The molecule has 3 rings (SSSR count). The third-order valence-electron chi connectivity index (χ3n) is 3.78. The van der Waals surface area contributed by atoms with E-state index in [1.54, 1.807) is 24.5 Å². The first-order chi connectivity index (χ1) is 10.9. The molecule has 1 aliphatic heterocycles. The van der Waals surface area contributed by atoms with Crippen molar-refractivity contribution in [3.63, 3.8) is 0 Å². The lowest BCUT2D eigenvalue weighted by Crippen LogP contribution is -2.30. The minimum absolute atomic E-state index is 0.281. The second-order valence-corrected chi connectivity index (χ2v) is 7.44. The van der Waals surface area contributed by atoms with Crippen LogP contribution >= 0.6 is 0 Å². The number of ether oxygens (including phenoxy) is 1. The summed E-state index contributed by atoms with van der Waals surface area (Å²) in [5.41, 5.74) is 1.35. The zero-order valence-corrected chi connectivity index (χ0v) is 13.8. The van der Waals surface area contributed by atoms with Crippen molar-refractivity contribution in [2.24, 2.45) is 0 Å². The monoisotopic (exact) mass is 334 g/mol. The third kappa shape index (κ3) is 3.48. The summed E-state index contributed by atoms with van der Waals surface area (Å²) in [4.78, 5) is 12.7. The zero-order valence-electron chi connectivity index (χ0n) is 13.0. The molecule has 2 aromatic heterocycles. The molecule has 0 bridgehead atoms. The maximum absolute atomic E-state index is 11.9. The molecule has 0 amide bonds. The Kier molecular flexibility index (Phi) is 4.27. The summed E-state index contributed by atoms with van der Waals surface area (Å²) < 4.78 is 30.9. The standard InChI is InChI=1S/C15H18N4O3S/c1-11-14(6-3-7-17-11)22-15-10-16-9-12(18-15)13-5-4-8-19(13)23(2,20)21/h3,6-7,9-10,13H,4-5,8H2,1-2H3/t13-/m0/s1. The fraction of sp³-hybridized carbons (Fsp3) is 0.400. The number of pyridine rings is 1. The van der Waals surface area contributed by atoms with Gasteiger partial charge in [0.25, 0.3) is 0 Å². The molecule has 0 spiro atoms. The van der Waals surface area contributed by atoms with E-state index in [4.69, 9.17) is 4.74 Å². The average molecular weight is 334 g/mol. The molecule has 0 unspecified atom stereocenters. The highest BCUT2D eigenvalue weighted by Crippen LogP contribution is 2.33. The predicted molar refractivity (Wildman–Crippen MR) is 84.6 cm³/mol. The van der Waals surface area contributed by atoms with Gasteiger partial charge in [-0.25, -0.2) is 13.4 Å². The van der Waals surface area contributed by atoms with E-state index in [0.29, 0.717) is 23.9 Å². The summed E-state index contributed by atoms with van der Waals surface area (Å²) in [5.74, 6) is 0.935. The van der Waals surface area contributed by atoms with Gasteiger partial charge in [0.2, 0.25) is 15.9 Å². The maximum atomic E-state index is 11.9. The Morgan fingerprint density at radius 2 is 2.17 bits per heavy atom. The summed E-state index contributed by atoms with van der Waals surface area (Å²) in [7, 11) is -3.26. The molecule has 122 valence electrons. The topological polar surface area (TPSA) is 85.3 Å². The molecule has 1 atom stereocenters. The van der Waals surface area contributed by atoms with Gasteiger partial charge < -0.3 is 4.74 Å². The Morgan fingerprint density at radius 3 is 2.91 bits per heavy atom. The van der Waals surface area contributed by atoms with Crippen LogP contribution in [0.15, 0.2) is 30.7 Å². The second-order valence-electron chi connectivity index (χ2n) is 5.50. The number of nitrogens with zero attached hydrogens (tertiary/aromatic N) is 4. The molecule has 0 aliphatic carbocycles. The van der Waals surface area contributed by atoms with E-state index in [9.17, 15) is 8.42 Å². The van der Waals surface area contributed by atoms with Crippen LogP contribution in [0.25, 0.3) is 0 Å². The average Bonchev–Trinajstić information content (AvgIpc) is 3.00. The maximum Gasteiger partial charge on any atom is 0.238 e. The first-order valence-corrected chi connectivity index (χ1v) is 9.18. The molecule has 3 heterocycles. The van der Waals surface area contributed by atoms with Crippen LogP contribution in [0.2, 0.25) is 0 Å². The molecule has 0 saturated carbocycles. The van der Waals surface area contributed by atoms with Gasteiger partial charge >= 0.3 is 0 Å². The van der Waals surface area contributed by atoms with Gasteiger partial charge in [-0.1, -0.05) is 0 Å². The number of hydrogen-bond donors (Lipinski definition) is 0. The quantitative estimate of drug-likeness (QED) is 0.851. The molecule has 8 heteroatoms. The fourth-order valence-corrected chi connectivity index (χ4v) is 3.83. The molecular formula is C15H18N4O3S. The van der Waals surface area contributed by atoms with Gasteiger partial charge in [0.05, 0.1) is 36.1 Å². The summed E-state index contributed by atoms with van der Waals surface area (Å²) in [6.45, 7) is 2.35. The number of sulfonamides is 1. The Morgan fingerprint density at radius 1 is 1.35 bits per heavy atom. The first-order valence-electron chi connectivity index (χ1n) is 7.33. The van der Waals surface area contributed by atoms with Crippen LogP contribution < -0.4 is 4.74 Å². The van der Waals surface area contributed by atoms with E-state index in [1.165, 1.54) is 16.8 Å².